The van der Waals surface area contributed by atoms with Crippen molar-refractivity contribution in [1.82, 2.24) is 10.2 Å². The number of nitro benzene ring substituents is 1. The van der Waals surface area contributed by atoms with Gasteiger partial charge in [0.15, 0.2) is 0 Å². The van der Waals surface area contributed by atoms with Crippen LogP contribution in [0.15, 0.2) is 18.2 Å². The summed E-state index contributed by atoms with van der Waals surface area (Å²) in [6.07, 6.45) is 3.71. The van der Waals surface area contributed by atoms with Gasteiger partial charge in [0.2, 0.25) is 0 Å². The van der Waals surface area contributed by atoms with E-state index < -0.39 is 10.7 Å². The van der Waals surface area contributed by atoms with Crippen molar-refractivity contribution in [2.24, 2.45) is 0 Å². The Kier molecular flexibility index (Phi) is 3.67. The Morgan fingerprint density at radius 1 is 1.35 bits per heavy atom. The normalized spacial score (nSPS) is 23.1. The van der Waals surface area contributed by atoms with Crippen molar-refractivity contribution >= 4 is 5.69 Å². The molecule has 1 atom stereocenters. The molecule has 5 nitrogen and oxygen atoms in total. The zero-order chi connectivity index (χ0) is 14.1. The number of nitro groups is 1. The fraction of sp³-hybridized carbons (Fsp3) is 0.571. The second kappa shape index (κ2) is 5.46. The average Bonchev–Trinajstić information content (AvgIpc) is 3.15. The molecule has 1 aliphatic carbocycles. The van der Waals surface area contributed by atoms with Gasteiger partial charge in [-0.15, -0.1) is 0 Å². The standard InChI is InChI=1S/C14H18FN3O2/c15-11-5-10(6-14(7-11)18(19)20)8-16-12-3-4-17(9-12)13-1-2-13/h5-7,12-13,16H,1-4,8-9H2. The van der Waals surface area contributed by atoms with Crippen LogP contribution in [0.1, 0.15) is 24.8 Å². The van der Waals surface area contributed by atoms with E-state index in [2.05, 4.69) is 10.2 Å². The minimum absolute atomic E-state index is 0.187. The number of rotatable bonds is 5. The topological polar surface area (TPSA) is 58.4 Å². The molecule has 1 heterocycles. The van der Waals surface area contributed by atoms with E-state index in [4.69, 9.17) is 0 Å². The average molecular weight is 279 g/mol. The van der Waals surface area contributed by atoms with Crippen LogP contribution in [0.3, 0.4) is 0 Å². The number of nitrogens with zero attached hydrogens (tertiary/aromatic N) is 2. The first kappa shape index (κ1) is 13.5. The summed E-state index contributed by atoms with van der Waals surface area (Å²) in [6.45, 7) is 2.62. The lowest BCUT2D eigenvalue weighted by Gasteiger charge is -2.15. The van der Waals surface area contributed by atoms with Crippen molar-refractivity contribution in [1.29, 1.82) is 0 Å². The molecule has 0 aromatic heterocycles. The van der Waals surface area contributed by atoms with Crippen molar-refractivity contribution in [3.05, 3.63) is 39.7 Å². The van der Waals surface area contributed by atoms with Crippen LogP contribution in [0, 0.1) is 15.9 Å². The van der Waals surface area contributed by atoms with Crippen molar-refractivity contribution in [3.63, 3.8) is 0 Å². The molecule has 1 aromatic rings. The van der Waals surface area contributed by atoms with Gasteiger partial charge in [-0.1, -0.05) is 0 Å². The SMILES string of the molecule is O=[N+]([O-])c1cc(F)cc(CNC2CCN(C3CC3)C2)c1. The van der Waals surface area contributed by atoms with E-state index in [1.54, 1.807) is 0 Å². The summed E-state index contributed by atoms with van der Waals surface area (Å²) < 4.78 is 13.3. The van der Waals surface area contributed by atoms with Gasteiger partial charge in [0, 0.05) is 37.8 Å². The van der Waals surface area contributed by atoms with E-state index in [0.29, 0.717) is 18.2 Å². The van der Waals surface area contributed by atoms with Gasteiger partial charge in [0.1, 0.15) is 5.82 Å². The summed E-state index contributed by atoms with van der Waals surface area (Å²) in [5.74, 6) is -0.554. The van der Waals surface area contributed by atoms with Crippen LogP contribution in [0.5, 0.6) is 0 Å². The number of halogens is 1. The van der Waals surface area contributed by atoms with Crippen LogP contribution in [0.25, 0.3) is 0 Å². The molecular formula is C14H18FN3O2. The molecule has 0 spiro atoms. The van der Waals surface area contributed by atoms with Crippen LogP contribution in [-0.2, 0) is 6.54 Å². The van der Waals surface area contributed by atoms with Gasteiger partial charge in [-0.25, -0.2) is 4.39 Å². The Bertz CT molecular complexity index is 519. The summed E-state index contributed by atoms with van der Waals surface area (Å²) in [5, 5.41) is 14.1. The zero-order valence-corrected chi connectivity index (χ0v) is 11.2. The third-order valence-electron chi connectivity index (χ3n) is 4.03. The predicted octanol–water partition coefficient (Wildman–Crippen LogP) is 2.06. The quantitative estimate of drug-likeness (QED) is 0.662. The third-order valence-corrected chi connectivity index (χ3v) is 4.03. The van der Waals surface area contributed by atoms with Crippen LogP contribution in [0.2, 0.25) is 0 Å². The first-order valence-corrected chi connectivity index (χ1v) is 7.03. The Hall–Kier alpha value is -1.53. The molecule has 2 aliphatic rings. The van der Waals surface area contributed by atoms with Crippen LogP contribution < -0.4 is 5.32 Å². The van der Waals surface area contributed by atoms with E-state index in [-0.39, 0.29) is 5.69 Å². The van der Waals surface area contributed by atoms with Crippen molar-refractivity contribution in [2.45, 2.75) is 37.9 Å². The Balaban J connectivity index is 1.56. The fourth-order valence-electron chi connectivity index (χ4n) is 2.83. The molecule has 2 fully saturated rings. The second-order valence-electron chi connectivity index (χ2n) is 5.67. The number of hydrogen-bond donors (Lipinski definition) is 1. The maximum atomic E-state index is 13.3. The van der Waals surface area contributed by atoms with Gasteiger partial charge in [-0.3, -0.25) is 15.0 Å². The van der Waals surface area contributed by atoms with Crippen molar-refractivity contribution in [3.8, 4) is 0 Å². The van der Waals surface area contributed by atoms with Gasteiger partial charge >= 0.3 is 0 Å². The highest BCUT2D eigenvalue weighted by atomic mass is 19.1. The Labute approximate surface area is 116 Å². The molecule has 1 unspecified atom stereocenters. The molecule has 1 N–H and O–H groups in total. The molecule has 1 saturated carbocycles. The molecule has 3 rings (SSSR count). The van der Waals surface area contributed by atoms with Crippen molar-refractivity contribution < 1.29 is 9.31 Å². The Morgan fingerprint density at radius 3 is 2.85 bits per heavy atom. The van der Waals surface area contributed by atoms with E-state index in [1.165, 1.54) is 25.0 Å². The highest BCUT2D eigenvalue weighted by Gasteiger charge is 2.34. The fourth-order valence-corrected chi connectivity index (χ4v) is 2.83. The van der Waals surface area contributed by atoms with Gasteiger partial charge in [0.25, 0.3) is 5.69 Å². The smallest absolute Gasteiger partial charge is 0.272 e. The molecule has 108 valence electrons. The summed E-state index contributed by atoms with van der Waals surface area (Å²) in [5.41, 5.74) is 0.439. The molecular weight excluding hydrogens is 261 g/mol. The van der Waals surface area contributed by atoms with E-state index in [9.17, 15) is 14.5 Å². The molecule has 6 heteroatoms. The number of benzene rings is 1. The number of non-ortho nitro benzene ring substituents is 1. The lowest BCUT2D eigenvalue weighted by atomic mass is 10.1. The monoisotopic (exact) mass is 279 g/mol. The summed E-state index contributed by atoms with van der Waals surface area (Å²) in [4.78, 5) is 12.6. The predicted molar refractivity (Wildman–Crippen MR) is 72.9 cm³/mol. The van der Waals surface area contributed by atoms with E-state index in [0.717, 1.165) is 31.6 Å². The van der Waals surface area contributed by atoms with Gasteiger partial charge in [-0.2, -0.15) is 0 Å². The van der Waals surface area contributed by atoms with Gasteiger partial charge in [0.05, 0.1) is 11.0 Å². The lowest BCUT2D eigenvalue weighted by Crippen LogP contribution is -2.32. The largest absolute Gasteiger partial charge is 0.309 e. The van der Waals surface area contributed by atoms with Gasteiger partial charge < -0.3 is 5.32 Å². The highest BCUT2D eigenvalue weighted by molar-refractivity contribution is 5.35. The van der Waals surface area contributed by atoms with E-state index in [1.807, 2.05) is 0 Å². The first-order chi connectivity index (χ1) is 9.61. The minimum Gasteiger partial charge on any atom is -0.309 e. The highest BCUT2D eigenvalue weighted by Crippen LogP contribution is 2.29. The second-order valence-corrected chi connectivity index (χ2v) is 5.67. The van der Waals surface area contributed by atoms with Crippen molar-refractivity contribution in [2.75, 3.05) is 13.1 Å². The lowest BCUT2D eigenvalue weighted by molar-refractivity contribution is -0.385. The van der Waals surface area contributed by atoms with Crippen LogP contribution >= 0.6 is 0 Å². The van der Waals surface area contributed by atoms with E-state index >= 15 is 0 Å². The summed E-state index contributed by atoms with van der Waals surface area (Å²) >= 11 is 0. The Morgan fingerprint density at radius 2 is 2.15 bits per heavy atom. The molecule has 1 aliphatic heterocycles. The first-order valence-electron chi connectivity index (χ1n) is 7.03. The number of nitrogens with one attached hydrogen (secondary N) is 1. The molecule has 1 saturated heterocycles. The molecule has 0 amide bonds. The molecule has 20 heavy (non-hydrogen) atoms. The third kappa shape index (κ3) is 3.13. The van der Waals surface area contributed by atoms with Gasteiger partial charge in [-0.05, 0) is 30.9 Å². The molecule has 0 bridgehead atoms. The van der Waals surface area contributed by atoms with Crippen LogP contribution in [0.4, 0.5) is 10.1 Å². The molecule has 0 radical (unpaired) electrons. The number of likely N-dealkylation sites (tertiary alicyclic amines) is 1. The zero-order valence-electron chi connectivity index (χ0n) is 11.2. The van der Waals surface area contributed by atoms with Crippen LogP contribution in [-0.4, -0.2) is 35.0 Å². The molecule has 1 aromatic carbocycles. The maximum absolute atomic E-state index is 13.3. The summed E-state index contributed by atoms with van der Waals surface area (Å²) in [6, 6.07) is 4.92. The summed E-state index contributed by atoms with van der Waals surface area (Å²) in [7, 11) is 0. The maximum Gasteiger partial charge on any atom is 0.272 e. The number of hydrogen-bond acceptors (Lipinski definition) is 4. The minimum atomic E-state index is -0.559.